The fourth-order valence-corrected chi connectivity index (χ4v) is 1.20. The average molecular weight is 206 g/mol. The Morgan fingerprint density at radius 2 is 1.20 bits per heavy atom. The first kappa shape index (κ1) is 16.4. The quantitative estimate of drug-likeness (QED) is 0.584. The Balaban J connectivity index is 0. The van der Waals surface area contributed by atoms with Gasteiger partial charge in [-0.25, -0.2) is 0 Å². The summed E-state index contributed by atoms with van der Waals surface area (Å²) in [6, 6.07) is 4.38. The highest BCUT2D eigenvalue weighted by atomic mass is 14.0. The number of hydrogen-bond acceptors (Lipinski definition) is 0. The molecule has 0 heterocycles. The molecule has 0 aliphatic heterocycles. The van der Waals surface area contributed by atoms with Gasteiger partial charge in [-0.3, -0.25) is 0 Å². The molecule has 1 aromatic carbocycles. The minimum absolute atomic E-state index is 1.24. The normalized spacial score (nSPS) is 7.93. The Morgan fingerprint density at radius 1 is 0.800 bits per heavy atom. The van der Waals surface area contributed by atoms with Crippen molar-refractivity contribution in [2.75, 3.05) is 0 Å². The van der Waals surface area contributed by atoms with E-state index in [9.17, 15) is 0 Å². The lowest BCUT2D eigenvalue weighted by molar-refractivity contribution is 1.29. The molecule has 0 unspecified atom stereocenters. The Bertz CT molecular complexity index is 282. The van der Waals surface area contributed by atoms with Gasteiger partial charge in [0, 0.05) is 0 Å². The standard InChI is InChI=1S/C11H14.2C2H6/c1-5-11-7-9(3)8(2)6-10(11)4;2*1-2/h5-7H,1H2,2-4H3;2*1-2H3. The summed E-state index contributed by atoms with van der Waals surface area (Å²) in [7, 11) is 0. The molecule has 0 radical (unpaired) electrons. The molecule has 1 aromatic rings. The van der Waals surface area contributed by atoms with Crippen molar-refractivity contribution < 1.29 is 0 Å². The molecule has 0 aliphatic carbocycles. The van der Waals surface area contributed by atoms with Crippen LogP contribution in [0.1, 0.15) is 49.9 Å². The van der Waals surface area contributed by atoms with Gasteiger partial charge in [-0.1, -0.05) is 52.5 Å². The van der Waals surface area contributed by atoms with E-state index in [0.717, 1.165) is 0 Å². The molecule has 0 bridgehead atoms. The molecule has 0 N–H and O–H groups in total. The first-order valence-electron chi connectivity index (χ1n) is 5.85. The summed E-state index contributed by atoms with van der Waals surface area (Å²) >= 11 is 0. The van der Waals surface area contributed by atoms with Gasteiger partial charge in [0.25, 0.3) is 0 Å². The molecule has 0 saturated heterocycles. The summed E-state index contributed by atoms with van der Waals surface area (Å²) in [4.78, 5) is 0. The molecule has 0 heteroatoms. The van der Waals surface area contributed by atoms with E-state index >= 15 is 0 Å². The van der Waals surface area contributed by atoms with Crippen molar-refractivity contribution in [3.05, 3.63) is 41.0 Å². The van der Waals surface area contributed by atoms with Gasteiger partial charge in [-0.05, 0) is 43.0 Å². The van der Waals surface area contributed by atoms with E-state index < -0.39 is 0 Å². The third-order valence-corrected chi connectivity index (χ3v) is 2.10. The van der Waals surface area contributed by atoms with Crippen LogP contribution in [0, 0.1) is 20.8 Å². The van der Waals surface area contributed by atoms with Crippen LogP contribution in [0.15, 0.2) is 18.7 Å². The second-order valence-corrected chi connectivity index (χ2v) is 3.00. The van der Waals surface area contributed by atoms with Crippen LogP contribution >= 0.6 is 0 Å². The van der Waals surface area contributed by atoms with Gasteiger partial charge in [0.1, 0.15) is 0 Å². The van der Waals surface area contributed by atoms with Crippen molar-refractivity contribution >= 4 is 6.08 Å². The van der Waals surface area contributed by atoms with E-state index in [2.05, 4.69) is 39.5 Å². The van der Waals surface area contributed by atoms with Crippen molar-refractivity contribution in [2.45, 2.75) is 48.5 Å². The molecule has 15 heavy (non-hydrogen) atoms. The molecule has 0 aromatic heterocycles. The molecule has 86 valence electrons. The van der Waals surface area contributed by atoms with Gasteiger partial charge < -0.3 is 0 Å². The van der Waals surface area contributed by atoms with E-state index in [0.29, 0.717) is 0 Å². The Labute approximate surface area is 96.0 Å². The van der Waals surface area contributed by atoms with Crippen LogP contribution < -0.4 is 0 Å². The Kier molecular flexibility index (Phi) is 10.4. The van der Waals surface area contributed by atoms with Crippen LogP contribution in [0.5, 0.6) is 0 Å². The molecule has 0 spiro atoms. The second-order valence-electron chi connectivity index (χ2n) is 3.00. The lowest BCUT2D eigenvalue weighted by atomic mass is 10.0. The van der Waals surface area contributed by atoms with Crippen molar-refractivity contribution in [1.29, 1.82) is 0 Å². The van der Waals surface area contributed by atoms with Crippen molar-refractivity contribution in [1.82, 2.24) is 0 Å². The molecular formula is C15H26. The van der Waals surface area contributed by atoms with Gasteiger partial charge in [0.2, 0.25) is 0 Å². The predicted octanol–water partition coefficient (Wildman–Crippen LogP) is 5.31. The predicted molar refractivity (Wildman–Crippen MR) is 73.4 cm³/mol. The minimum atomic E-state index is 1.24. The SMILES string of the molecule is C=Cc1cc(C)c(C)cc1C.CC.CC. The maximum absolute atomic E-state index is 3.76. The Morgan fingerprint density at radius 3 is 1.60 bits per heavy atom. The molecular weight excluding hydrogens is 180 g/mol. The highest BCUT2D eigenvalue weighted by Crippen LogP contribution is 2.15. The number of rotatable bonds is 1. The molecule has 0 aliphatic rings. The topological polar surface area (TPSA) is 0 Å². The van der Waals surface area contributed by atoms with Crippen LogP contribution in [-0.4, -0.2) is 0 Å². The third-order valence-electron chi connectivity index (χ3n) is 2.10. The fraction of sp³-hybridized carbons (Fsp3) is 0.467. The van der Waals surface area contributed by atoms with E-state index in [4.69, 9.17) is 0 Å². The van der Waals surface area contributed by atoms with E-state index in [1.54, 1.807) is 0 Å². The third kappa shape index (κ3) is 5.41. The van der Waals surface area contributed by atoms with Crippen molar-refractivity contribution in [3.63, 3.8) is 0 Å². The molecule has 0 atom stereocenters. The number of benzene rings is 1. The summed E-state index contributed by atoms with van der Waals surface area (Å²) in [6.07, 6.45) is 1.90. The second kappa shape index (κ2) is 9.51. The van der Waals surface area contributed by atoms with Gasteiger partial charge in [-0.15, -0.1) is 0 Å². The summed E-state index contributed by atoms with van der Waals surface area (Å²) in [6.45, 7) is 18.1. The average Bonchev–Trinajstić information content (AvgIpc) is 2.29. The summed E-state index contributed by atoms with van der Waals surface area (Å²) in [5, 5.41) is 0. The van der Waals surface area contributed by atoms with E-state index in [1.165, 1.54) is 22.3 Å². The van der Waals surface area contributed by atoms with Gasteiger partial charge in [0.15, 0.2) is 0 Å². The largest absolute Gasteiger partial charge is 0.0985 e. The number of hydrogen-bond donors (Lipinski definition) is 0. The summed E-state index contributed by atoms with van der Waals surface area (Å²) < 4.78 is 0. The molecule has 0 fully saturated rings. The lowest BCUT2D eigenvalue weighted by Crippen LogP contribution is -1.86. The van der Waals surface area contributed by atoms with E-state index in [-0.39, 0.29) is 0 Å². The minimum Gasteiger partial charge on any atom is -0.0985 e. The van der Waals surface area contributed by atoms with Crippen LogP contribution in [-0.2, 0) is 0 Å². The molecule has 0 saturated carbocycles. The summed E-state index contributed by atoms with van der Waals surface area (Å²) in [5.74, 6) is 0. The molecule has 1 rings (SSSR count). The zero-order valence-electron chi connectivity index (χ0n) is 11.4. The number of aryl methyl sites for hydroxylation is 3. The smallest absolute Gasteiger partial charge is 0.0230 e. The maximum Gasteiger partial charge on any atom is -0.0230 e. The first-order chi connectivity index (χ1) is 7.15. The zero-order chi connectivity index (χ0) is 12.4. The molecule has 0 nitrogen and oxygen atoms in total. The van der Waals surface area contributed by atoms with Gasteiger partial charge in [0.05, 0.1) is 0 Å². The van der Waals surface area contributed by atoms with Crippen LogP contribution in [0.3, 0.4) is 0 Å². The molecule has 0 amide bonds. The highest BCUT2D eigenvalue weighted by molar-refractivity contribution is 5.54. The lowest BCUT2D eigenvalue weighted by Gasteiger charge is -2.04. The highest BCUT2D eigenvalue weighted by Gasteiger charge is 1.96. The van der Waals surface area contributed by atoms with E-state index in [1.807, 2.05) is 33.8 Å². The summed E-state index contributed by atoms with van der Waals surface area (Å²) in [5.41, 5.74) is 5.25. The fourth-order valence-electron chi connectivity index (χ4n) is 1.20. The van der Waals surface area contributed by atoms with Gasteiger partial charge in [-0.2, -0.15) is 0 Å². The van der Waals surface area contributed by atoms with Crippen LogP contribution in [0.4, 0.5) is 0 Å². The van der Waals surface area contributed by atoms with Crippen LogP contribution in [0.25, 0.3) is 6.08 Å². The zero-order valence-corrected chi connectivity index (χ0v) is 11.4. The maximum atomic E-state index is 3.76. The first-order valence-corrected chi connectivity index (χ1v) is 5.85. The van der Waals surface area contributed by atoms with Crippen molar-refractivity contribution in [3.8, 4) is 0 Å². The van der Waals surface area contributed by atoms with Crippen molar-refractivity contribution in [2.24, 2.45) is 0 Å². The van der Waals surface area contributed by atoms with Crippen LogP contribution in [0.2, 0.25) is 0 Å². The monoisotopic (exact) mass is 206 g/mol. The Hall–Kier alpha value is -1.04. The van der Waals surface area contributed by atoms with Gasteiger partial charge >= 0.3 is 0 Å².